The van der Waals surface area contributed by atoms with Crippen molar-refractivity contribution in [1.29, 1.82) is 0 Å². The summed E-state index contributed by atoms with van der Waals surface area (Å²) in [5.41, 5.74) is 0. The monoisotopic (exact) mass is 249 g/mol. The van der Waals surface area contributed by atoms with Crippen molar-refractivity contribution < 1.29 is 62.0 Å². The molecule has 0 amide bonds. The second-order valence-corrected chi connectivity index (χ2v) is 0.803. The molecule has 85 valence electrons. The van der Waals surface area contributed by atoms with E-state index in [1.807, 2.05) is 0 Å². The van der Waals surface area contributed by atoms with Gasteiger partial charge in [-0.25, -0.2) is 4.79 Å². The van der Waals surface area contributed by atoms with Crippen molar-refractivity contribution in [2.45, 2.75) is 6.18 Å². The molecule has 0 atom stereocenters. The molecule has 10 heteroatoms. The molecule has 0 fully saturated rings. The van der Waals surface area contributed by atoms with E-state index >= 15 is 0 Å². The van der Waals surface area contributed by atoms with Crippen LogP contribution >= 0.6 is 0 Å². The van der Waals surface area contributed by atoms with E-state index in [0.29, 0.717) is 0 Å². The van der Waals surface area contributed by atoms with Crippen molar-refractivity contribution in [1.82, 2.24) is 0 Å². The molecule has 6 nitrogen and oxygen atoms in total. The molecule has 0 aromatic carbocycles. The minimum atomic E-state index is -5.08. The van der Waals surface area contributed by atoms with Gasteiger partial charge in [-0.2, -0.15) is 13.2 Å². The molecule has 0 aliphatic rings. The van der Waals surface area contributed by atoms with Crippen LogP contribution in [0.25, 0.3) is 0 Å². The third-order valence-electron chi connectivity index (χ3n) is 0.243. The van der Waals surface area contributed by atoms with Crippen molar-refractivity contribution in [3.63, 3.8) is 0 Å². The quantitative estimate of drug-likeness (QED) is 0.463. The molecule has 0 rings (SSSR count). The van der Waals surface area contributed by atoms with Gasteiger partial charge in [0, 0.05) is 17.1 Å². The number of aliphatic carboxylic acids is 1. The Bertz CT molecular complexity index is 93.3. The van der Waals surface area contributed by atoms with E-state index in [2.05, 4.69) is 0 Å². The zero-order chi connectivity index (χ0) is 6.08. The summed E-state index contributed by atoms with van der Waals surface area (Å²) in [6, 6.07) is 0. The molecule has 0 aromatic heterocycles. The maximum Gasteiger partial charge on any atom is 0.490 e. The first-order valence-corrected chi connectivity index (χ1v) is 1.24. The Kier molecular flexibility index (Phi) is 45.7. The molecule has 0 aliphatic heterocycles. The van der Waals surface area contributed by atoms with Gasteiger partial charge < -0.3 is 27.0 Å². The Hall–Kier alpha value is -0.381. The summed E-state index contributed by atoms with van der Waals surface area (Å²) in [5, 5.41) is 7.12. The second kappa shape index (κ2) is 13.2. The minimum absolute atomic E-state index is 0. The van der Waals surface area contributed by atoms with Gasteiger partial charge in [0.15, 0.2) is 0 Å². The third-order valence-corrected chi connectivity index (χ3v) is 0.243. The number of carboxylic acid groups (broad SMARTS) is 1. The van der Waals surface area contributed by atoms with E-state index in [1.54, 1.807) is 0 Å². The van der Waals surface area contributed by atoms with Gasteiger partial charge in [0.25, 0.3) is 0 Å². The zero-order valence-electron chi connectivity index (χ0n) is 5.29. The summed E-state index contributed by atoms with van der Waals surface area (Å²) < 4.78 is 31.7. The van der Waals surface area contributed by atoms with E-state index in [-0.39, 0.29) is 39.0 Å². The molecular weight excluding hydrogens is 241 g/mol. The smallest absolute Gasteiger partial charge is 0.475 e. The van der Waals surface area contributed by atoms with Crippen LogP contribution in [-0.2, 0) is 21.9 Å². The molecule has 1 radical (unpaired) electrons. The third kappa shape index (κ3) is 22.6. The number of hydrogen-bond donors (Lipinski definition) is 1. The summed E-state index contributed by atoms with van der Waals surface area (Å²) in [5.74, 6) is -2.76. The van der Waals surface area contributed by atoms with E-state index in [1.165, 1.54) is 0 Å². The van der Waals surface area contributed by atoms with Crippen LogP contribution < -0.4 is 0 Å². The predicted octanol–water partition coefficient (Wildman–Crippen LogP) is -2.67. The van der Waals surface area contributed by atoms with Crippen molar-refractivity contribution >= 4 is 5.97 Å². The molecular formula is C2H9CuF3O6. The minimum Gasteiger partial charge on any atom is -0.475 e. The number of halogens is 3. The van der Waals surface area contributed by atoms with Crippen LogP contribution in [0.5, 0.6) is 0 Å². The first kappa shape index (κ1) is 41.5. The van der Waals surface area contributed by atoms with Gasteiger partial charge in [-0.05, 0) is 0 Å². The first-order chi connectivity index (χ1) is 2.94. The fraction of sp³-hybridized carbons (Fsp3) is 0.500. The van der Waals surface area contributed by atoms with E-state index in [9.17, 15) is 13.2 Å². The molecule has 0 bridgehead atoms. The topological polar surface area (TPSA) is 163 Å². The summed E-state index contributed by atoms with van der Waals surface area (Å²) in [6.07, 6.45) is -5.08. The number of carbonyl (C=O) groups is 1. The van der Waals surface area contributed by atoms with Crippen LogP contribution in [0.4, 0.5) is 13.2 Å². The predicted molar refractivity (Wildman–Crippen MR) is 28.1 cm³/mol. The van der Waals surface area contributed by atoms with Crippen molar-refractivity contribution in [3.8, 4) is 0 Å². The average molecular weight is 250 g/mol. The van der Waals surface area contributed by atoms with E-state index in [0.717, 1.165) is 0 Å². The molecule has 0 aromatic rings. The van der Waals surface area contributed by atoms with Gasteiger partial charge in [-0.3, -0.25) is 0 Å². The number of rotatable bonds is 0. The molecule has 0 saturated carbocycles. The zero-order valence-corrected chi connectivity index (χ0v) is 6.23. The molecule has 12 heavy (non-hydrogen) atoms. The first-order valence-electron chi connectivity index (χ1n) is 1.24. The summed E-state index contributed by atoms with van der Waals surface area (Å²) >= 11 is 0. The molecule has 9 N–H and O–H groups in total. The van der Waals surface area contributed by atoms with Gasteiger partial charge in [0.1, 0.15) is 0 Å². The second-order valence-electron chi connectivity index (χ2n) is 0.803. The Morgan fingerprint density at radius 1 is 1.00 bits per heavy atom. The fourth-order valence-corrected chi connectivity index (χ4v) is 0. The number of carboxylic acids is 1. The van der Waals surface area contributed by atoms with E-state index < -0.39 is 12.1 Å². The Balaban J connectivity index is -0.0000000180. The summed E-state index contributed by atoms with van der Waals surface area (Å²) in [7, 11) is 0. The Morgan fingerprint density at radius 3 is 1.08 bits per heavy atom. The average Bonchev–Trinajstić information content (AvgIpc) is 1.31. The van der Waals surface area contributed by atoms with Crippen LogP contribution in [0.2, 0.25) is 0 Å². The van der Waals surface area contributed by atoms with Crippen LogP contribution in [0.15, 0.2) is 0 Å². The number of hydrogen-bond acceptors (Lipinski definition) is 1. The normalized spacial score (nSPS) is 6.58. The van der Waals surface area contributed by atoms with E-state index in [4.69, 9.17) is 9.90 Å². The van der Waals surface area contributed by atoms with Crippen LogP contribution in [0.3, 0.4) is 0 Å². The van der Waals surface area contributed by atoms with Crippen molar-refractivity contribution in [2.75, 3.05) is 0 Å². The summed E-state index contributed by atoms with van der Waals surface area (Å²) in [6.45, 7) is 0. The van der Waals surface area contributed by atoms with Gasteiger partial charge in [-0.15, -0.1) is 0 Å². The largest absolute Gasteiger partial charge is 0.490 e. The van der Waals surface area contributed by atoms with Crippen LogP contribution in [0, 0.1) is 0 Å². The molecule has 0 aliphatic carbocycles. The standard InChI is InChI=1S/C2HF3O2.Cu.4H2O/c3-2(4,5)1(6)7;;;;;/h(H,6,7);;4*1H2. The van der Waals surface area contributed by atoms with Gasteiger partial charge in [0.05, 0.1) is 0 Å². The maximum atomic E-state index is 10.6. The number of alkyl halides is 3. The maximum absolute atomic E-state index is 10.6. The molecule has 0 spiro atoms. The Morgan fingerprint density at radius 2 is 1.08 bits per heavy atom. The Labute approximate surface area is 75.1 Å². The fourth-order valence-electron chi connectivity index (χ4n) is 0. The van der Waals surface area contributed by atoms with Crippen molar-refractivity contribution in [3.05, 3.63) is 0 Å². The van der Waals surface area contributed by atoms with Crippen molar-refractivity contribution in [2.24, 2.45) is 0 Å². The SMILES string of the molecule is O.O.O.O.O=C(O)C(F)(F)F.[Cu]. The van der Waals surface area contributed by atoms with Crippen LogP contribution in [0.1, 0.15) is 0 Å². The van der Waals surface area contributed by atoms with Crippen LogP contribution in [-0.4, -0.2) is 39.2 Å². The molecule has 0 unspecified atom stereocenters. The molecule has 0 saturated heterocycles. The van der Waals surface area contributed by atoms with Gasteiger partial charge >= 0.3 is 12.1 Å². The van der Waals surface area contributed by atoms with Gasteiger partial charge in [0.2, 0.25) is 0 Å². The summed E-state index contributed by atoms with van der Waals surface area (Å²) in [4.78, 5) is 8.90. The molecule has 0 heterocycles. The van der Waals surface area contributed by atoms with Gasteiger partial charge in [-0.1, -0.05) is 0 Å².